The standard InChI is InChI=1S/C21H26N4O2.C15H21N3O.C15H16N2O5.C14H16N2O4.C11H14O4.C6H7NO2.C5H5NO2.2C2H4O2.CH3.H3P.Pd/c1-14-11-20(21(26)27)23-17(14)13-18-15(7-6-10-25(2,3)4)12-19(24-18)16-8-5-9-22-16;1-18(2,3)9-5-6-12-10-14(17-15(12)11-19)13-7-4-8-16-13;1-21-12(18)6-5-11-7-10-17(13(11)14(19)22-2)15(20)16-8-3-4-9-16;1-19-12(17)6-5-9-8-11(10-4-3-7-15-10)16-13(9)14(18)20-2;1-14-10(12)7-6-8-4-3-5-9(8)11(13)15-2;1-4-2-5(6(8)9)7-3-4;7-5(8)6-3-1-2-4-6;2*1-2(3)4;;;/h5,8-9,11-13H,6-7,10H2,1-4H3,(H2-,22,23,24,26,27);4,7-8,10-11H,5-6,9H2,1-3H3,(H-,16,17,19);3-4,7-10H,5-6H2,1-2H3;3-4,7-8,15-16H,5-6H2,1-2H3;3-4H,5-7H2,1-2H3;2-3,7H,1H3,(H,8,9);1-4H,(H,7,8);2*1H3,(H,3,4);2*1H3;/q;;;;;;;;;-1;;/p+2. The number of aryl methyl sites for hydroxylation is 5. The number of aliphatic carboxylic acids is 2. The maximum absolute atomic E-state index is 12.4. The molecule has 0 amide bonds. The fraction of sp³-hybridized carbons (Fsp3) is 0.315. The van der Waals surface area contributed by atoms with Gasteiger partial charge in [0.25, 0.3) is 11.9 Å². The molecule has 1 aliphatic heterocycles. The van der Waals surface area contributed by atoms with E-state index in [1.807, 2.05) is 86.9 Å². The summed E-state index contributed by atoms with van der Waals surface area (Å²) in [7, 11) is 21.0. The number of carbonyl (C=O) groups is 13. The Balaban J connectivity index is 0.000000768. The fourth-order valence-corrected chi connectivity index (χ4v) is 12.0. The summed E-state index contributed by atoms with van der Waals surface area (Å²) in [6.07, 6.45) is 29.0. The van der Waals surface area contributed by atoms with Gasteiger partial charge in [0.2, 0.25) is 0 Å². The SMILES string of the molecule is CC(=O)O.CC(=O)O.COC(=O)CCC1=C(C(=O)OC)CC=C1.COC(=O)CCc1cc(-c2ccc[nH]2)[nH]c1C(=O)OC.COC(=O)CCc1ccn(C(=O)n2cccc2)c1C(=O)OC.C[N+](C)(C)CCCc1cc(-c2ccc[nH]2)[nH]c1C=O.Cc1c[nH]c(C(=O)O)c1.Cc1cc(C(=O)O)[nH]c1C=C1N=C(c2ccc[nH]2)C=C1CCC[N+](C)(C)C.O=C(O)n1cccc1.P.[CH3-].[Pd]. The number of quaternary nitrogens is 2. The van der Waals surface area contributed by atoms with Gasteiger partial charge in [-0.1, -0.05) is 12.2 Å². The average Bonchev–Trinajstić information content (AvgIpc) is 1.79. The van der Waals surface area contributed by atoms with Gasteiger partial charge in [0.15, 0.2) is 6.29 Å². The van der Waals surface area contributed by atoms with Crippen molar-refractivity contribution >= 4 is 99.8 Å². The Morgan fingerprint density at radius 1 is 0.504 bits per heavy atom. The quantitative estimate of drug-likeness (QED) is 0.00433. The number of rotatable bonds is 27. The molecule has 0 radical (unpaired) electrons. The summed E-state index contributed by atoms with van der Waals surface area (Å²) in [4.78, 5) is 167. The van der Waals surface area contributed by atoms with Crippen molar-refractivity contribution in [2.45, 2.75) is 98.3 Å². The maximum atomic E-state index is 12.4. The number of aliphatic imine (C=N–C) groups is 1. The smallest absolute Gasteiger partial charge is 0.415 e. The Morgan fingerprint density at radius 3 is 1.40 bits per heavy atom. The zero-order chi connectivity index (χ0) is 95.4. The minimum Gasteiger partial charge on any atom is -0.481 e. The van der Waals surface area contributed by atoms with Crippen molar-refractivity contribution in [2.24, 2.45) is 4.99 Å². The number of hydrogen-bond acceptors (Lipinski definition) is 20. The number of nitrogens with zero attached hydrogens (tertiary/aromatic N) is 6. The van der Waals surface area contributed by atoms with Crippen LogP contribution in [0.15, 0.2) is 192 Å². The zero-order valence-electron chi connectivity index (χ0n) is 76.6. The monoisotopic (exact) mass is 1930 g/mol. The zero-order valence-corrected chi connectivity index (χ0v) is 79.6. The molecule has 39 heteroatoms. The molecule has 11 heterocycles. The molecule has 2 aliphatic rings. The van der Waals surface area contributed by atoms with E-state index in [-0.39, 0.29) is 104 Å². The van der Waals surface area contributed by atoms with E-state index in [4.69, 9.17) is 44.5 Å². The van der Waals surface area contributed by atoms with Crippen LogP contribution in [-0.4, -0.2) is 265 Å². The molecule has 12 rings (SSSR count). The summed E-state index contributed by atoms with van der Waals surface area (Å²) in [6, 6.07) is 26.8. The second-order valence-corrected chi connectivity index (χ2v) is 30.1. The number of aromatic carboxylic acids is 2. The first-order chi connectivity index (χ1) is 60.6. The van der Waals surface area contributed by atoms with Gasteiger partial charge < -0.3 is 105 Å². The van der Waals surface area contributed by atoms with Crippen molar-refractivity contribution in [1.29, 1.82) is 0 Å². The normalized spacial score (nSPS) is 11.5. The molecule has 0 fully saturated rings. The minimum absolute atomic E-state index is 0. The number of methoxy groups -OCH3 is 6. The molecule has 0 bridgehead atoms. The van der Waals surface area contributed by atoms with E-state index in [1.165, 1.54) is 76.0 Å². The number of carbonyl (C=O) groups excluding carboxylic acids is 8. The van der Waals surface area contributed by atoms with Crippen molar-refractivity contribution in [3.05, 3.63) is 263 Å². The molecule has 0 saturated heterocycles. The number of ether oxygens (including phenoxy) is 6. The summed E-state index contributed by atoms with van der Waals surface area (Å²) in [5.74, 6) is -5.92. The Labute approximate surface area is 776 Å². The Morgan fingerprint density at radius 2 is 0.977 bits per heavy atom. The van der Waals surface area contributed by atoms with Crippen LogP contribution in [0.1, 0.15) is 157 Å². The maximum Gasteiger partial charge on any atom is 0.415 e. The van der Waals surface area contributed by atoms with E-state index >= 15 is 0 Å². The first kappa shape index (κ1) is 115. The van der Waals surface area contributed by atoms with Crippen LogP contribution in [0, 0.1) is 21.3 Å². The average molecular weight is 1930 g/mol. The predicted octanol–water partition coefficient (Wildman–Crippen LogP) is 13.8. The van der Waals surface area contributed by atoms with Crippen LogP contribution in [0.4, 0.5) is 9.59 Å². The molecule has 0 aromatic carbocycles. The van der Waals surface area contributed by atoms with E-state index in [2.05, 4.69) is 108 Å². The van der Waals surface area contributed by atoms with Crippen LogP contribution < -0.4 is 0 Å². The number of nitrogens with one attached hydrogen (secondary N) is 7. The second kappa shape index (κ2) is 58.4. The first-order valence-corrected chi connectivity index (χ1v) is 39.8. The van der Waals surface area contributed by atoms with Gasteiger partial charge in [-0.15, -0.1) is 0 Å². The van der Waals surface area contributed by atoms with Crippen LogP contribution in [0.5, 0.6) is 0 Å². The molecule has 10 aromatic rings. The van der Waals surface area contributed by atoms with Gasteiger partial charge >= 0.3 is 59.9 Å². The van der Waals surface area contributed by atoms with Gasteiger partial charge in [-0.05, 0) is 194 Å². The molecule has 0 spiro atoms. The molecule has 10 aromatic heterocycles. The van der Waals surface area contributed by atoms with Crippen LogP contribution >= 0.6 is 9.90 Å². The fourth-order valence-electron chi connectivity index (χ4n) is 12.0. The minimum atomic E-state index is -0.955. The topological polar surface area (TPSA) is 516 Å². The summed E-state index contributed by atoms with van der Waals surface area (Å²) >= 11 is 0. The van der Waals surface area contributed by atoms with Crippen molar-refractivity contribution < 1.29 is 146 Å². The van der Waals surface area contributed by atoms with E-state index in [0.29, 0.717) is 41.8 Å². The summed E-state index contributed by atoms with van der Waals surface area (Å²) in [5, 5.41) is 40.6. The Hall–Kier alpha value is -14.0. The van der Waals surface area contributed by atoms with Crippen LogP contribution in [0.3, 0.4) is 0 Å². The van der Waals surface area contributed by atoms with Crippen LogP contribution in [0.25, 0.3) is 28.9 Å². The molecule has 131 heavy (non-hydrogen) atoms. The summed E-state index contributed by atoms with van der Waals surface area (Å²) in [6.45, 7) is 8.08. The molecule has 12 N–H and O–H groups in total. The summed E-state index contributed by atoms with van der Waals surface area (Å²) < 4.78 is 33.4. The number of carboxylic acid groups (broad SMARTS) is 5. The first-order valence-electron chi connectivity index (χ1n) is 39.8. The van der Waals surface area contributed by atoms with E-state index in [9.17, 15) is 57.8 Å². The third kappa shape index (κ3) is 40.9. The Bertz CT molecular complexity index is 5440. The molecular formula is C92H121N13O24PPd+. The van der Waals surface area contributed by atoms with Gasteiger partial charge in [0, 0.05) is 133 Å². The third-order valence-corrected chi connectivity index (χ3v) is 18.2. The number of carboxylic acids is 4. The van der Waals surface area contributed by atoms with Gasteiger partial charge in [-0.25, -0.2) is 38.6 Å². The van der Waals surface area contributed by atoms with E-state index < -0.39 is 47.9 Å². The molecule has 712 valence electrons. The number of aldehydes is 1. The van der Waals surface area contributed by atoms with Gasteiger partial charge in [-0.2, -0.15) is 9.90 Å². The molecule has 37 nitrogen and oxygen atoms in total. The predicted molar refractivity (Wildman–Crippen MR) is 493 cm³/mol. The second-order valence-electron chi connectivity index (χ2n) is 30.1. The van der Waals surface area contributed by atoms with Crippen molar-refractivity contribution in [3.63, 3.8) is 0 Å². The molecule has 1 atom stereocenters. The van der Waals surface area contributed by atoms with Gasteiger partial charge in [-0.3, -0.25) is 42.5 Å². The van der Waals surface area contributed by atoms with Gasteiger partial charge in [0.05, 0.1) is 144 Å². The Kier molecular flexibility index (Phi) is 51.3. The number of allylic oxidation sites excluding steroid dienone is 5. The molecule has 0 saturated carbocycles. The number of esters is 6. The van der Waals surface area contributed by atoms with Crippen molar-refractivity contribution in [1.82, 2.24) is 48.6 Å². The molecular weight excluding hydrogens is 1810 g/mol. The summed E-state index contributed by atoms with van der Waals surface area (Å²) in [5.41, 5.74) is 15.7. The van der Waals surface area contributed by atoms with E-state index in [0.717, 1.165) is 146 Å². The number of aromatic amines is 7. The number of H-pyrrole nitrogens is 7. The van der Waals surface area contributed by atoms with Crippen LogP contribution in [0.2, 0.25) is 0 Å². The number of aromatic nitrogens is 10. The molecule has 1 aliphatic carbocycles. The third-order valence-electron chi connectivity index (χ3n) is 18.2. The van der Waals surface area contributed by atoms with Crippen LogP contribution in [-0.2, 0) is 96.9 Å². The molecule has 1 unspecified atom stereocenters. The van der Waals surface area contributed by atoms with Crippen molar-refractivity contribution in [3.8, 4) is 22.8 Å². The number of hydrogen-bond donors (Lipinski definition) is 12. The largest absolute Gasteiger partial charge is 0.481 e. The van der Waals surface area contributed by atoms with Gasteiger partial charge in [0.1, 0.15) is 22.8 Å². The van der Waals surface area contributed by atoms with E-state index in [1.54, 1.807) is 67.3 Å². The van der Waals surface area contributed by atoms with Crippen molar-refractivity contribution in [2.75, 3.05) is 98.0 Å².